The summed E-state index contributed by atoms with van der Waals surface area (Å²) in [5.74, 6) is -0.944. The lowest BCUT2D eigenvalue weighted by atomic mass is 10.2. The van der Waals surface area contributed by atoms with Gasteiger partial charge < -0.3 is 10.4 Å². The molecule has 0 fully saturated rings. The lowest BCUT2D eigenvalue weighted by Crippen LogP contribution is -2.10. The van der Waals surface area contributed by atoms with Crippen molar-refractivity contribution in [3.63, 3.8) is 0 Å². The molecule has 6 nitrogen and oxygen atoms in total. The molecule has 0 amide bonds. The molecule has 0 aliphatic carbocycles. The molecule has 1 aromatic heterocycles. The smallest absolute Gasteiger partial charge is 0.337 e. The summed E-state index contributed by atoms with van der Waals surface area (Å²) in [5.41, 5.74) is 0.879. The average Bonchev–Trinajstić information content (AvgIpc) is 2.89. The molecule has 1 aromatic carbocycles. The van der Waals surface area contributed by atoms with E-state index in [1.165, 1.54) is 0 Å². The normalized spacial score (nSPS) is 10.4. The van der Waals surface area contributed by atoms with E-state index in [1.807, 2.05) is 6.07 Å². The number of aromatic carboxylic acids is 1. The Bertz CT molecular complexity index is 557. The molecule has 0 spiro atoms. The molecule has 0 saturated carbocycles. The Kier molecular flexibility index (Phi) is 4.51. The van der Waals surface area contributed by atoms with Crippen molar-refractivity contribution in [3.8, 4) is 0 Å². The molecule has 2 aromatic rings. The summed E-state index contributed by atoms with van der Waals surface area (Å²) in [6, 6.07) is 5.15. The highest BCUT2D eigenvalue weighted by molar-refractivity contribution is 9.10. The third-order valence-corrected chi connectivity index (χ3v) is 3.06. The van der Waals surface area contributed by atoms with E-state index in [0.29, 0.717) is 12.2 Å². The van der Waals surface area contributed by atoms with Crippen molar-refractivity contribution in [3.05, 3.63) is 40.6 Å². The number of carbonyl (C=O) groups is 1. The van der Waals surface area contributed by atoms with Gasteiger partial charge in [0, 0.05) is 29.4 Å². The van der Waals surface area contributed by atoms with Gasteiger partial charge in [-0.2, -0.15) is 0 Å². The Morgan fingerprint density at radius 1 is 1.47 bits per heavy atom. The number of halogens is 1. The molecule has 100 valence electrons. The number of carboxylic acid groups (broad SMARTS) is 1. The van der Waals surface area contributed by atoms with Crippen LogP contribution in [0.4, 0.5) is 5.69 Å². The summed E-state index contributed by atoms with van der Waals surface area (Å²) < 4.78 is 2.49. The van der Waals surface area contributed by atoms with Crippen LogP contribution in [0.3, 0.4) is 0 Å². The van der Waals surface area contributed by atoms with Crippen LogP contribution in [0.15, 0.2) is 35.1 Å². The monoisotopic (exact) mass is 324 g/mol. The second-order valence-electron chi connectivity index (χ2n) is 3.94. The van der Waals surface area contributed by atoms with Crippen LogP contribution in [0.1, 0.15) is 16.8 Å². The first-order valence-electron chi connectivity index (χ1n) is 5.77. The predicted octanol–water partition coefficient (Wildman–Crippen LogP) is 2.24. The van der Waals surface area contributed by atoms with Gasteiger partial charge in [0.2, 0.25) is 0 Å². The molecule has 0 aliphatic rings. The minimum atomic E-state index is -0.944. The first-order valence-corrected chi connectivity index (χ1v) is 6.57. The average molecular weight is 325 g/mol. The number of benzene rings is 1. The molecule has 2 rings (SSSR count). The third-order valence-electron chi connectivity index (χ3n) is 2.56. The van der Waals surface area contributed by atoms with E-state index in [0.717, 1.165) is 17.4 Å². The molecule has 7 heteroatoms. The first kappa shape index (κ1) is 13.5. The van der Waals surface area contributed by atoms with Crippen LogP contribution in [0.25, 0.3) is 0 Å². The van der Waals surface area contributed by atoms with Gasteiger partial charge in [-0.15, -0.1) is 5.10 Å². The molecular weight excluding hydrogens is 312 g/mol. The van der Waals surface area contributed by atoms with Gasteiger partial charge in [-0.1, -0.05) is 21.1 Å². The topological polar surface area (TPSA) is 80.0 Å². The van der Waals surface area contributed by atoms with Crippen LogP contribution in [-0.4, -0.2) is 32.6 Å². The van der Waals surface area contributed by atoms with Crippen LogP contribution in [0, 0.1) is 0 Å². The number of anilines is 1. The maximum absolute atomic E-state index is 11.1. The van der Waals surface area contributed by atoms with E-state index in [9.17, 15) is 4.79 Å². The van der Waals surface area contributed by atoms with Crippen LogP contribution in [0.5, 0.6) is 0 Å². The fourth-order valence-electron chi connectivity index (χ4n) is 1.66. The van der Waals surface area contributed by atoms with Gasteiger partial charge in [-0.05, 0) is 24.6 Å². The number of carboxylic acids is 1. The van der Waals surface area contributed by atoms with Crippen molar-refractivity contribution in [2.45, 2.75) is 13.0 Å². The highest BCUT2D eigenvalue weighted by atomic mass is 79.9. The lowest BCUT2D eigenvalue weighted by molar-refractivity contribution is 0.0698. The van der Waals surface area contributed by atoms with Crippen molar-refractivity contribution in [1.29, 1.82) is 0 Å². The summed E-state index contributed by atoms with van der Waals surface area (Å²) in [5, 5.41) is 19.8. The van der Waals surface area contributed by atoms with Gasteiger partial charge in [-0.25, -0.2) is 4.79 Å². The quantitative estimate of drug-likeness (QED) is 0.796. The van der Waals surface area contributed by atoms with E-state index in [2.05, 4.69) is 31.6 Å². The Hall–Kier alpha value is -1.89. The molecule has 0 radical (unpaired) electrons. The molecular formula is C12H13BrN4O2. The van der Waals surface area contributed by atoms with Gasteiger partial charge in [0.05, 0.1) is 11.8 Å². The van der Waals surface area contributed by atoms with Crippen LogP contribution < -0.4 is 5.32 Å². The van der Waals surface area contributed by atoms with Crippen molar-refractivity contribution < 1.29 is 9.90 Å². The summed E-state index contributed by atoms with van der Waals surface area (Å²) in [6.07, 6.45) is 4.26. The number of hydrogen-bond acceptors (Lipinski definition) is 4. The van der Waals surface area contributed by atoms with E-state index in [-0.39, 0.29) is 5.56 Å². The molecule has 0 saturated heterocycles. The molecule has 2 N–H and O–H groups in total. The number of rotatable bonds is 6. The number of aryl methyl sites for hydroxylation is 1. The summed E-state index contributed by atoms with van der Waals surface area (Å²) in [6.45, 7) is 1.41. The van der Waals surface area contributed by atoms with Crippen molar-refractivity contribution >= 4 is 27.6 Å². The van der Waals surface area contributed by atoms with Gasteiger partial charge in [0.1, 0.15) is 0 Å². The minimum Gasteiger partial charge on any atom is -0.478 e. The Morgan fingerprint density at radius 3 is 3.00 bits per heavy atom. The van der Waals surface area contributed by atoms with Crippen molar-refractivity contribution in [2.24, 2.45) is 0 Å². The zero-order valence-electron chi connectivity index (χ0n) is 10.1. The summed E-state index contributed by atoms with van der Waals surface area (Å²) >= 11 is 3.26. The van der Waals surface area contributed by atoms with E-state index in [1.54, 1.807) is 29.2 Å². The lowest BCUT2D eigenvalue weighted by Gasteiger charge is -2.09. The van der Waals surface area contributed by atoms with Gasteiger partial charge >= 0.3 is 5.97 Å². The van der Waals surface area contributed by atoms with Gasteiger partial charge in [0.25, 0.3) is 0 Å². The SMILES string of the molecule is O=C(O)c1cc(Br)ccc1NCCCn1ccnn1. The zero-order chi connectivity index (χ0) is 13.7. The second kappa shape index (κ2) is 6.33. The van der Waals surface area contributed by atoms with Crippen LogP contribution >= 0.6 is 15.9 Å². The van der Waals surface area contributed by atoms with Crippen LogP contribution in [-0.2, 0) is 6.54 Å². The largest absolute Gasteiger partial charge is 0.478 e. The first-order chi connectivity index (χ1) is 9.16. The summed E-state index contributed by atoms with van der Waals surface area (Å²) in [7, 11) is 0. The molecule has 0 bridgehead atoms. The summed E-state index contributed by atoms with van der Waals surface area (Å²) in [4.78, 5) is 11.1. The van der Waals surface area contributed by atoms with E-state index >= 15 is 0 Å². The molecule has 19 heavy (non-hydrogen) atoms. The zero-order valence-corrected chi connectivity index (χ0v) is 11.7. The standard InChI is InChI=1S/C12H13BrN4O2/c13-9-2-3-11(10(8-9)12(18)19)14-4-1-6-17-7-5-15-16-17/h2-3,5,7-8,14H,1,4,6H2,(H,18,19). The fraction of sp³-hybridized carbons (Fsp3) is 0.250. The van der Waals surface area contributed by atoms with Crippen molar-refractivity contribution in [2.75, 3.05) is 11.9 Å². The minimum absolute atomic E-state index is 0.259. The van der Waals surface area contributed by atoms with Crippen LogP contribution in [0.2, 0.25) is 0 Å². The highest BCUT2D eigenvalue weighted by Crippen LogP contribution is 2.21. The van der Waals surface area contributed by atoms with Crippen molar-refractivity contribution in [1.82, 2.24) is 15.0 Å². The molecule has 0 unspecified atom stereocenters. The molecule has 1 heterocycles. The Balaban J connectivity index is 1.90. The van der Waals surface area contributed by atoms with E-state index in [4.69, 9.17) is 5.11 Å². The predicted molar refractivity (Wildman–Crippen MR) is 74.2 cm³/mol. The van der Waals surface area contributed by atoms with Gasteiger partial charge in [-0.3, -0.25) is 4.68 Å². The van der Waals surface area contributed by atoms with E-state index < -0.39 is 5.97 Å². The third kappa shape index (κ3) is 3.78. The number of aromatic nitrogens is 3. The fourth-order valence-corrected chi connectivity index (χ4v) is 2.02. The maximum Gasteiger partial charge on any atom is 0.337 e. The maximum atomic E-state index is 11.1. The highest BCUT2D eigenvalue weighted by Gasteiger charge is 2.09. The number of nitrogens with zero attached hydrogens (tertiary/aromatic N) is 3. The number of nitrogens with one attached hydrogen (secondary N) is 1. The molecule has 0 aliphatic heterocycles. The second-order valence-corrected chi connectivity index (χ2v) is 4.86. The Morgan fingerprint density at radius 2 is 2.32 bits per heavy atom. The molecule has 0 atom stereocenters. The number of hydrogen-bond donors (Lipinski definition) is 2. The van der Waals surface area contributed by atoms with Gasteiger partial charge in [0.15, 0.2) is 0 Å². The Labute approximate surface area is 118 Å².